The fourth-order valence-electron chi connectivity index (χ4n) is 2.11. The summed E-state index contributed by atoms with van der Waals surface area (Å²) in [5, 5.41) is 0. The topological polar surface area (TPSA) is 66.5 Å². The molecule has 100 valence electrons. The number of carbonyl (C=O) groups excluding carboxylic acids is 1. The van der Waals surface area contributed by atoms with E-state index in [1.807, 2.05) is 18.4 Å². The lowest BCUT2D eigenvalue weighted by atomic mass is 10.2. The third-order valence-electron chi connectivity index (χ3n) is 3.06. The van der Waals surface area contributed by atoms with Crippen molar-refractivity contribution in [3.8, 4) is 0 Å². The largest absolute Gasteiger partial charge is 0.458 e. The van der Waals surface area contributed by atoms with Gasteiger partial charge in [-0.15, -0.1) is 0 Å². The summed E-state index contributed by atoms with van der Waals surface area (Å²) in [5.74, 6) is -0.337. The molecule has 0 saturated carbocycles. The summed E-state index contributed by atoms with van der Waals surface area (Å²) in [4.78, 5) is 12.0. The van der Waals surface area contributed by atoms with E-state index in [1.165, 1.54) is 0 Å². The highest BCUT2D eigenvalue weighted by molar-refractivity contribution is 5.89. The molecule has 0 radical (unpaired) electrons. The molecule has 1 aliphatic rings. The van der Waals surface area contributed by atoms with Crippen molar-refractivity contribution in [2.24, 2.45) is 0 Å². The van der Waals surface area contributed by atoms with E-state index < -0.39 is 0 Å². The van der Waals surface area contributed by atoms with E-state index in [9.17, 15) is 4.79 Å². The number of carbonyl (C=O) groups is 1. The zero-order valence-corrected chi connectivity index (χ0v) is 10.9. The summed E-state index contributed by atoms with van der Waals surface area (Å²) in [6.45, 7) is 5.08. The summed E-state index contributed by atoms with van der Waals surface area (Å²) >= 11 is 0. The molecular formula is C13H20N2O3. The molecule has 1 unspecified atom stereocenters. The molecule has 0 spiro atoms. The normalized spacial score (nSPS) is 19.4. The number of ether oxygens (including phenoxy) is 2. The summed E-state index contributed by atoms with van der Waals surface area (Å²) in [7, 11) is 0. The Morgan fingerprint density at radius 3 is 3.06 bits per heavy atom. The first-order valence-electron chi connectivity index (χ1n) is 6.34. The Morgan fingerprint density at radius 2 is 2.44 bits per heavy atom. The van der Waals surface area contributed by atoms with Gasteiger partial charge in [-0.3, -0.25) is 0 Å². The average Bonchev–Trinajstić information content (AvgIpc) is 2.94. The smallest absolute Gasteiger partial charge is 0.355 e. The minimum atomic E-state index is -0.337. The van der Waals surface area contributed by atoms with Crippen LogP contribution in [0.15, 0.2) is 12.3 Å². The SMILES string of the molecule is CC(C)n1cc(N)cc1C(=O)OCC1CCCO1. The summed E-state index contributed by atoms with van der Waals surface area (Å²) in [6.07, 6.45) is 3.81. The van der Waals surface area contributed by atoms with Crippen LogP contribution >= 0.6 is 0 Å². The van der Waals surface area contributed by atoms with E-state index in [1.54, 1.807) is 12.3 Å². The third-order valence-corrected chi connectivity index (χ3v) is 3.06. The van der Waals surface area contributed by atoms with Crippen molar-refractivity contribution >= 4 is 11.7 Å². The van der Waals surface area contributed by atoms with Crippen molar-refractivity contribution in [2.75, 3.05) is 18.9 Å². The van der Waals surface area contributed by atoms with E-state index in [0.717, 1.165) is 19.4 Å². The fraction of sp³-hybridized carbons (Fsp3) is 0.615. The molecule has 1 aliphatic heterocycles. The van der Waals surface area contributed by atoms with E-state index in [-0.39, 0.29) is 18.1 Å². The van der Waals surface area contributed by atoms with E-state index in [0.29, 0.717) is 18.0 Å². The van der Waals surface area contributed by atoms with Crippen LogP contribution in [-0.2, 0) is 9.47 Å². The third kappa shape index (κ3) is 2.85. The predicted molar refractivity (Wildman–Crippen MR) is 68.5 cm³/mol. The van der Waals surface area contributed by atoms with Crippen LogP contribution in [0.5, 0.6) is 0 Å². The van der Waals surface area contributed by atoms with Gasteiger partial charge in [-0.2, -0.15) is 0 Å². The van der Waals surface area contributed by atoms with Crippen molar-refractivity contribution in [1.82, 2.24) is 4.57 Å². The number of hydrogen-bond donors (Lipinski definition) is 1. The molecule has 1 saturated heterocycles. The Morgan fingerprint density at radius 1 is 1.67 bits per heavy atom. The maximum atomic E-state index is 12.0. The van der Waals surface area contributed by atoms with Crippen molar-refractivity contribution in [1.29, 1.82) is 0 Å². The molecule has 2 N–H and O–H groups in total. The van der Waals surface area contributed by atoms with Crippen LogP contribution in [0.1, 0.15) is 43.2 Å². The molecule has 1 fully saturated rings. The lowest BCUT2D eigenvalue weighted by Crippen LogP contribution is -2.20. The Balaban J connectivity index is 1.99. The lowest BCUT2D eigenvalue weighted by Gasteiger charge is -2.13. The van der Waals surface area contributed by atoms with Crippen LogP contribution in [0.4, 0.5) is 5.69 Å². The van der Waals surface area contributed by atoms with E-state index in [4.69, 9.17) is 15.2 Å². The Bertz CT molecular complexity index is 420. The number of hydrogen-bond acceptors (Lipinski definition) is 4. The van der Waals surface area contributed by atoms with Gasteiger partial charge in [0.15, 0.2) is 0 Å². The van der Waals surface area contributed by atoms with Gasteiger partial charge in [-0.25, -0.2) is 4.79 Å². The van der Waals surface area contributed by atoms with Crippen LogP contribution in [0, 0.1) is 0 Å². The van der Waals surface area contributed by atoms with Crippen molar-refractivity contribution in [2.45, 2.75) is 38.8 Å². The summed E-state index contributed by atoms with van der Waals surface area (Å²) in [5.41, 5.74) is 6.80. The minimum Gasteiger partial charge on any atom is -0.458 e. The highest BCUT2D eigenvalue weighted by Crippen LogP contribution is 2.18. The Kier molecular flexibility index (Phi) is 3.91. The highest BCUT2D eigenvalue weighted by atomic mass is 16.6. The molecule has 0 bridgehead atoms. The number of aromatic nitrogens is 1. The van der Waals surface area contributed by atoms with Gasteiger partial charge < -0.3 is 19.8 Å². The van der Waals surface area contributed by atoms with Crippen molar-refractivity contribution in [3.63, 3.8) is 0 Å². The van der Waals surface area contributed by atoms with Crippen molar-refractivity contribution in [3.05, 3.63) is 18.0 Å². The van der Waals surface area contributed by atoms with Gasteiger partial charge in [0, 0.05) is 18.8 Å². The van der Waals surface area contributed by atoms with Gasteiger partial charge >= 0.3 is 5.97 Å². The highest BCUT2D eigenvalue weighted by Gasteiger charge is 2.20. The number of nitrogen functional groups attached to an aromatic ring is 1. The maximum Gasteiger partial charge on any atom is 0.355 e. The van der Waals surface area contributed by atoms with Gasteiger partial charge in [0.05, 0.1) is 11.8 Å². The second-order valence-electron chi connectivity index (χ2n) is 4.89. The van der Waals surface area contributed by atoms with Crippen LogP contribution in [0.25, 0.3) is 0 Å². The van der Waals surface area contributed by atoms with Crippen LogP contribution in [-0.4, -0.2) is 29.9 Å². The second-order valence-corrected chi connectivity index (χ2v) is 4.89. The molecule has 2 heterocycles. The number of anilines is 1. The van der Waals surface area contributed by atoms with Gasteiger partial charge in [0.1, 0.15) is 12.3 Å². The minimum absolute atomic E-state index is 0.0498. The molecule has 18 heavy (non-hydrogen) atoms. The fourth-order valence-corrected chi connectivity index (χ4v) is 2.11. The first-order valence-corrected chi connectivity index (χ1v) is 6.34. The Labute approximate surface area is 107 Å². The molecule has 0 aromatic carbocycles. The predicted octanol–water partition coefficient (Wildman–Crippen LogP) is 1.99. The monoisotopic (exact) mass is 252 g/mol. The van der Waals surface area contributed by atoms with E-state index in [2.05, 4.69) is 0 Å². The Hall–Kier alpha value is -1.49. The zero-order valence-electron chi connectivity index (χ0n) is 10.9. The first kappa shape index (κ1) is 13.0. The van der Waals surface area contributed by atoms with E-state index >= 15 is 0 Å². The van der Waals surface area contributed by atoms with Crippen LogP contribution in [0.2, 0.25) is 0 Å². The summed E-state index contributed by atoms with van der Waals surface area (Å²) in [6, 6.07) is 1.82. The molecule has 1 aromatic heterocycles. The van der Waals surface area contributed by atoms with Gasteiger partial charge in [-0.1, -0.05) is 0 Å². The van der Waals surface area contributed by atoms with Crippen molar-refractivity contribution < 1.29 is 14.3 Å². The average molecular weight is 252 g/mol. The standard InChI is InChI=1S/C13H20N2O3/c1-9(2)15-7-10(14)6-12(15)13(16)18-8-11-4-3-5-17-11/h6-7,9,11H,3-5,8,14H2,1-2H3. The van der Waals surface area contributed by atoms with Crippen LogP contribution < -0.4 is 5.73 Å². The maximum absolute atomic E-state index is 12.0. The zero-order chi connectivity index (χ0) is 13.1. The van der Waals surface area contributed by atoms with Gasteiger partial charge in [0.25, 0.3) is 0 Å². The molecular weight excluding hydrogens is 232 g/mol. The molecule has 1 aromatic rings. The molecule has 5 heteroatoms. The molecule has 0 aliphatic carbocycles. The number of esters is 1. The number of rotatable bonds is 4. The number of nitrogens with zero attached hydrogens (tertiary/aromatic N) is 1. The molecule has 5 nitrogen and oxygen atoms in total. The van der Waals surface area contributed by atoms with Gasteiger partial charge in [-0.05, 0) is 32.8 Å². The summed E-state index contributed by atoms with van der Waals surface area (Å²) < 4.78 is 12.5. The molecule has 1 atom stereocenters. The molecule has 2 rings (SSSR count). The quantitative estimate of drug-likeness (QED) is 0.832. The molecule has 0 amide bonds. The van der Waals surface area contributed by atoms with Gasteiger partial charge in [0.2, 0.25) is 0 Å². The lowest BCUT2D eigenvalue weighted by molar-refractivity contribution is 0.0151. The van der Waals surface area contributed by atoms with Crippen LogP contribution in [0.3, 0.4) is 0 Å². The number of nitrogens with two attached hydrogens (primary N) is 1. The first-order chi connectivity index (χ1) is 8.58. The second kappa shape index (κ2) is 5.44.